The summed E-state index contributed by atoms with van der Waals surface area (Å²) >= 11 is 0. The van der Waals surface area contributed by atoms with Gasteiger partial charge in [0.25, 0.3) is 0 Å². The highest BCUT2D eigenvalue weighted by molar-refractivity contribution is 7.90. The smallest absolute Gasteiger partial charge is 0.416 e. The van der Waals surface area contributed by atoms with Crippen molar-refractivity contribution in [1.82, 2.24) is 9.97 Å². The fourth-order valence-electron chi connectivity index (χ4n) is 5.89. The molecule has 1 fully saturated rings. The van der Waals surface area contributed by atoms with Crippen LogP contribution in [0, 0.1) is 12.3 Å². The lowest BCUT2D eigenvalue weighted by atomic mass is 9.88. The van der Waals surface area contributed by atoms with E-state index in [4.69, 9.17) is 4.74 Å². The fourth-order valence-corrected chi connectivity index (χ4v) is 6.28. The molecule has 0 amide bonds. The van der Waals surface area contributed by atoms with Crippen LogP contribution >= 0.6 is 0 Å². The summed E-state index contributed by atoms with van der Waals surface area (Å²) in [6, 6.07) is 2.95. The monoisotopic (exact) mass is 753 g/mol. The van der Waals surface area contributed by atoms with Crippen LogP contribution in [0.5, 0.6) is 5.75 Å². The molecule has 1 heterocycles. The molecule has 0 spiro atoms. The third-order valence-corrected chi connectivity index (χ3v) is 9.57. The van der Waals surface area contributed by atoms with Crippen molar-refractivity contribution < 1.29 is 52.7 Å². The van der Waals surface area contributed by atoms with Gasteiger partial charge in [-0.2, -0.15) is 39.5 Å². The molecule has 1 radical (unpaired) electrons. The number of sulfone groups is 1. The maximum absolute atomic E-state index is 14.1. The first-order chi connectivity index (χ1) is 23.7. The fraction of sp³-hybridized carbons (Fsp3) is 0.500. The number of alkyl halides is 9. The van der Waals surface area contributed by atoms with Gasteiger partial charge in [0.05, 0.1) is 40.9 Å². The Morgan fingerprint density at radius 3 is 1.94 bits per heavy atom. The van der Waals surface area contributed by atoms with Gasteiger partial charge in [0, 0.05) is 31.6 Å². The van der Waals surface area contributed by atoms with Gasteiger partial charge in [-0.3, -0.25) is 0 Å². The van der Waals surface area contributed by atoms with Crippen molar-refractivity contribution in [2.75, 3.05) is 41.5 Å². The summed E-state index contributed by atoms with van der Waals surface area (Å²) in [5.74, 6) is -0.307. The van der Waals surface area contributed by atoms with Gasteiger partial charge in [-0.05, 0) is 99.4 Å². The van der Waals surface area contributed by atoms with Gasteiger partial charge >= 0.3 is 18.5 Å². The molecule has 3 aromatic rings. The maximum Gasteiger partial charge on any atom is 0.416 e. The molecule has 0 saturated heterocycles. The average molecular weight is 754 g/mol. The molecule has 1 aliphatic carbocycles. The van der Waals surface area contributed by atoms with Crippen LogP contribution in [0.3, 0.4) is 0 Å². The van der Waals surface area contributed by atoms with Crippen molar-refractivity contribution in [3.63, 3.8) is 0 Å². The maximum atomic E-state index is 14.1. The van der Waals surface area contributed by atoms with Crippen molar-refractivity contribution in [2.45, 2.75) is 70.6 Å². The normalized spacial score (nSPS) is 15.5. The molecule has 0 aliphatic heterocycles. The zero-order valence-electron chi connectivity index (χ0n) is 28.0. The second kappa shape index (κ2) is 15.9. The Morgan fingerprint density at radius 2 is 1.43 bits per heavy atom. The highest BCUT2D eigenvalue weighted by Gasteiger charge is 2.38. The number of rotatable bonds is 13. The highest BCUT2D eigenvalue weighted by atomic mass is 32.2. The second-order valence-corrected chi connectivity index (χ2v) is 14.8. The van der Waals surface area contributed by atoms with Crippen molar-refractivity contribution in [1.29, 1.82) is 0 Å². The number of benzene rings is 2. The zero-order valence-corrected chi connectivity index (χ0v) is 28.9. The Labute approximate surface area is 290 Å². The molecule has 0 bridgehead atoms. The number of hydrogen-bond donors (Lipinski definition) is 0. The Balaban J connectivity index is 1.84. The summed E-state index contributed by atoms with van der Waals surface area (Å²) in [7, 11) is -3.38. The molecule has 2 aromatic carbocycles. The van der Waals surface area contributed by atoms with E-state index < -0.39 is 63.2 Å². The van der Waals surface area contributed by atoms with Gasteiger partial charge < -0.3 is 14.5 Å². The van der Waals surface area contributed by atoms with E-state index >= 15 is 0 Å². The third kappa shape index (κ3) is 11.1. The van der Waals surface area contributed by atoms with Crippen molar-refractivity contribution in [3.8, 4) is 5.75 Å². The van der Waals surface area contributed by atoms with Gasteiger partial charge in [-0.15, -0.1) is 0 Å². The van der Waals surface area contributed by atoms with E-state index in [9.17, 15) is 47.9 Å². The van der Waals surface area contributed by atoms with Crippen LogP contribution in [0.15, 0.2) is 48.8 Å². The van der Waals surface area contributed by atoms with Crippen molar-refractivity contribution in [3.05, 3.63) is 83.0 Å². The molecule has 4 rings (SSSR count). The van der Waals surface area contributed by atoms with Gasteiger partial charge in [0.2, 0.25) is 5.95 Å². The topological polar surface area (TPSA) is 75.6 Å². The molecule has 1 aromatic heterocycles. The number of anilines is 2. The lowest BCUT2D eigenvalue weighted by Gasteiger charge is -2.35. The number of aromatic nitrogens is 2. The van der Waals surface area contributed by atoms with Crippen LogP contribution in [0.25, 0.3) is 0 Å². The van der Waals surface area contributed by atoms with E-state index in [2.05, 4.69) is 16.4 Å². The van der Waals surface area contributed by atoms with Crippen LogP contribution in [-0.4, -0.2) is 50.1 Å². The number of ether oxygens (including phenoxy) is 1. The molecule has 7 nitrogen and oxygen atoms in total. The number of halogens is 9. The molecule has 281 valence electrons. The summed E-state index contributed by atoms with van der Waals surface area (Å²) < 4.78 is 154. The predicted octanol–water partition coefficient (Wildman–Crippen LogP) is 8.94. The minimum Gasteiger partial charge on any atom is -0.489 e. The lowest BCUT2D eigenvalue weighted by Crippen LogP contribution is -2.33. The van der Waals surface area contributed by atoms with E-state index in [0.29, 0.717) is 30.9 Å². The predicted molar refractivity (Wildman–Crippen MR) is 174 cm³/mol. The molecule has 1 atom stereocenters. The number of hydrogen-bond acceptors (Lipinski definition) is 7. The first kappa shape index (κ1) is 40.0. The van der Waals surface area contributed by atoms with Gasteiger partial charge in [-0.1, -0.05) is 0 Å². The van der Waals surface area contributed by atoms with Gasteiger partial charge in [0.1, 0.15) is 6.61 Å². The van der Waals surface area contributed by atoms with Crippen molar-refractivity contribution in [2.24, 2.45) is 5.92 Å². The molecular weight excluding hydrogens is 715 g/mol. The Kier molecular flexibility index (Phi) is 12.4. The summed E-state index contributed by atoms with van der Waals surface area (Å²) in [6.45, 7) is 3.37. The first-order valence-electron chi connectivity index (χ1n) is 16.1. The molecule has 17 heteroatoms. The third-order valence-electron chi connectivity index (χ3n) is 8.66. The van der Waals surface area contributed by atoms with Crippen LogP contribution in [0.2, 0.25) is 0 Å². The molecular formula is C34H38F9N4O3S. The highest BCUT2D eigenvalue weighted by Crippen LogP contribution is 2.40. The minimum absolute atomic E-state index is 0.00719. The Hall–Kier alpha value is -3.76. The molecule has 51 heavy (non-hydrogen) atoms. The molecule has 0 N–H and O–H groups in total. The summed E-state index contributed by atoms with van der Waals surface area (Å²) in [6.07, 6.45) is -6.04. The van der Waals surface area contributed by atoms with Crippen LogP contribution < -0.4 is 14.5 Å². The van der Waals surface area contributed by atoms with E-state index in [-0.39, 0.29) is 41.6 Å². The molecule has 1 aliphatic rings. The Morgan fingerprint density at radius 1 is 0.863 bits per heavy atom. The van der Waals surface area contributed by atoms with Crippen LogP contribution in [-0.2, 0) is 34.9 Å². The van der Waals surface area contributed by atoms with Crippen LogP contribution in [0.4, 0.5) is 51.1 Å². The summed E-state index contributed by atoms with van der Waals surface area (Å²) in [5.41, 5.74) is -4.04. The summed E-state index contributed by atoms with van der Waals surface area (Å²) in [5, 5.41) is 0. The lowest BCUT2D eigenvalue weighted by molar-refractivity contribution is -0.143. The van der Waals surface area contributed by atoms with Crippen LogP contribution in [0.1, 0.15) is 73.4 Å². The Bertz CT molecular complexity index is 1690. The second-order valence-electron chi connectivity index (χ2n) is 12.5. The largest absolute Gasteiger partial charge is 0.489 e. The van der Waals surface area contributed by atoms with E-state index in [1.165, 1.54) is 17.9 Å². The first-order valence-corrected chi connectivity index (χ1v) is 18.2. The number of nitrogens with zero attached hydrogens (tertiary/aromatic N) is 4. The van der Waals surface area contributed by atoms with E-state index in [0.717, 1.165) is 56.5 Å². The quantitative estimate of drug-likeness (QED) is 0.162. The standard InChI is InChI=1S/C34H38F9N4O3S/c1-4-46(20-23-8-6-5-7-9-23)30-11-10-26(32(35,36)37)16-25(30)21-47(31-44-18-29(19-45-31)50-12-13-51(3,48)49)22(2)24-14-27(33(38,39)40)17-28(15-24)34(41,42)43/h5,10-11,14-19,22-23H,4,6-9,12-13,20-21H2,1-3H3. The van der Waals surface area contributed by atoms with Gasteiger partial charge in [0.15, 0.2) is 15.6 Å². The molecule has 1 saturated carbocycles. The average Bonchev–Trinajstić information content (AvgIpc) is 3.04. The van der Waals surface area contributed by atoms with E-state index in [1.807, 2.05) is 11.8 Å². The van der Waals surface area contributed by atoms with E-state index in [1.54, 1.807) is 0 Å². The summed E-state index contributed by atoms with van der Waals surface area (Å²) in [4.78, 5) is 11.5. The minimum atomic E-state index is -5.14. The zero-order chi connectivity index (χ0) is 37.8. The van der Waals surface area contributed by atoms with Crippen molar-refractivity contribution >= 4 is 21.5 Å². The SMILES string of the molecule is CCN(CC1CC[CH]CC1)c1ccc(C(F)(F)F)cc1CN(c1ncc(OCCS(C)(=O)=O)cn1)C(C)c1cc(C(F)(F)F)cc(C(F)(F)F)c1. The molecule has 1 unspecified atom stereocenters. The van der Waals surface area contributed by atoms with Gasteiger partial charge in [-0.25, -0.2) is 18.4 Å².